The van der Waals surface area contributed by atoms with Gasteiger partial charge in [0.05, 0.1) is 21.3 Å². The number of ketones is 1. The molecule has 9 heteroatoms. The number of halogens is 1. The second kappa shape index (κ2) is 8.37. The largest absolute Gasteiger partial charge is 0.493 e. The van der Waals surface area contributed by atoms with Gasteiger partial charge in [0.15, 0.2) is 16.6 Å². The Bertz CT molecular complexity index is 980. The zero-order chi connectivity index (χ0) is 20.3. The zero-order valence-corrected chi connectivity index (χ0v) is 17.0. The highest BCUT2D eigenvalue weighted by Gasteiger charge is 2.22. The normalized spacial score (nSPS) is 10.4. The van der Waals surface area contributed by atoms with E-state index in [2.05, 4.69) is 10.3 Å². The van der Waals surface area contributed by atoms with E-state index in [1.807, 2.05) is 0 Å². The number of methoxy groups -OCH3 is 3. The van der Waals surface area contributed by atoms with Crippen molar-refractivity contribution < 1.29 is 19.0 Å². The van der Waals surface area contributed by atoms with Gasteiger partial charge in [0.25, 0.3) is 0 Å². The Kier molecular flexibility index (Phi) is 5.91. The van der Waals surface area contributed by atoms with Gasteiger partial charge in [-0.2, -0.15) is 0 Å². The zero-order valence-electron chi connectivity index (χ0n) is 15.4. The van der Waals surface area contributed by atoms with Crippen LogP contribution in [0, 0.1) is 0 Å². The van der Waals surface area contributed by atoms with Crippen molar-refractivity contribution in [1.82, 2.24) is 4.98 Å². The number of carbonyl (C=O) groups excluding carboxylic acids is 1. The van der Waals surface area contributed by atoms with Gasteiger partial charge in [-0.1, -0.05) is 22.9 Å². The summed E-state index contributed by atoms with van der Waals surface area (Å²) in [5.41, 5.74) is 7.12. The second-order valence-corrected chi connectivity index (χ2v) is 7.04. The van der Waals surface area contributed by atoms with Crippen LogP contribution in [0.3, 0.4) is 0 Å². The molecular formula is C19H18ClN3O4S. The molecule has 0 aliphatic heterocycles. The Morgan fingerprint density at radius 2 is 1.68 bits per heavy atom. The standard InChI is InChI=1S/C19H18ClN3O4S/c1-25-13-8-10(9-14(26-2)16(13)27-3)15(24)17-18(21)23-19(28-17)22-12-6-4-11(20)5-7-12/h4-9H,21H2,1-3H3,(H,22,23). The lowest BCUT2D eigenvalue weighted by Gasteiger charge is -2.13. The summed E-state index contributed by atoms with van der Waals surface area (Å²) in [5.74, 6) is 1.02. The summed E-state index contributed by atoms with van der Waals surface area (Å²) >= 11 is 7.05. The number of ether oxygens (including phenoxy) is 3. The number of nitrogen functional groups attached to an aromatic ring is 1. The molecule has 0 radical (unpaired) electrons. The van der Waals surface area contributed by atoms with Crippen LogP contribution in [0.1, 0.15) is 15.2 Å². The van der Waals surface area contributed by atoms with Crippen molar-refractivity contribution in [2.24, 2.45) is 0 Å². The summed E-state index contributed by atoms with van der Waals surface area (Å²) in [7, 11) is 4.47. The van der Waals surface area contributed by atoms with Gasteiger partial charge < -0.3 is 25.3 Å². The second-order valence-electron chi connectivity index (χ2n) is 5.61. The highest BCUT2D eigenvalue weighted by atomic mass is 35.5. The molecule has 1 aromatic heterocycles. The molecule has 7 nitrogen and oxygen atoms in total. The fourth-order valence-electron chi connectivity index (χ4n) is 2.55. The van der Waals surface area contributed by atoms with Crippen LogP contribution in [-0.4, -0.2) is 32.1 Å². The molecule has 28 heavy (non-hydrogen) atoms. The van der Waals surface area contributed by atoms with Gasteiger partial charge in [0.1, 0.15) is 10.7 Å². The quantitative estimate of drug-likeness (QED) is 0.548. The average Bonchev–Trinajstić information content (AvgIpc) is 3.07. The predicted octanol–water partition coefficient (Wildman–Crippen LogP) is 4.38. The van der Waals surface area contributed by atoms with Gasteiger partial charge in [0.2, 0.25) is 11.5 Å². The molecule has 0 atom stereocenters. The minimum absolute atomic E-state index is 0.139. The molecule has 2 aromatic carbocycles. The Morgan fingerprint density at radius 3 is 2.21 bits per heavy atom. The molecule has 0 bridgehead atoms. The fraction of sp³-hybridized carbons (Fsp3) is 0.158. The SMILES string of the molecule is COc1cc(C(=O)c2sc(Nc3ccc(Cl)cc3)nc2N)cc(OC)c1OC. The molecule has 3 aromatic rings. The molecule has 0 unspecified atom stereocenters. The molecule has 0 amide bonds. The molecule has 146 valence electrons. The van der Waals surface area contributed by atoms with Crippen LogP contribution in [0.15, 0.2) is 36.4 Å². The third kappa shape index (κ3) is 3.97. The van der Waals surface area contributed by atoms with Crippen LogP contribution in [-0.2, 0) is 0 Å². The predicted molar refractivity (Wildman–Crippen MR) is 111 cm³/mol. The minimum atomic E-state index is -0.293. The van der Waals surface area contributed by atoms with Crippen LogP contribution >= 0.6 is 22.9 Å². The van der Waals surface area contributed by atoms with Crippen molar-refractivity contribution in [3.63, 3.8) is 0 Å². The van der Waals surface area contributed by atoms with Crippen molar-refractivity contribution in [1.29, 1.82) is 0 Å². The Hall–Kier alpha value is -2.97. The summed E-state index contributed by atoms with van der Waals surface area (Å²) in [6, 6.07) is 10.3. The van der Waals surface area contributed by atoms with E-state index in [0.717, 1.165) is 17.0 Å². The molecule has 0 fully saturated rings. The van der Waals surface area contributed by atoms with Crippen LogP contribution < -0.4 is 25.3 Å². The number of nitrogens with one attached hydrogen (secondary N) is 1. The van der Waals surface area contributed by atoms with Crippen molar-refractivity contribution in [2.45, 2.75) is 0 Å². The molecular weight excluding hydrogens is 402 g/mol. The molecule has 0 spiro atoms. The first kappa shape index (κ1) is 19.8. The van der Waals surface area contributed by atoms with Crippen molar-refractivity contribution in [2.75, 3.05) is 32.4 Å². The molecule has 3 N–H and O–H groups in total. The highest BCUT2D eigenvalue weighted by molar-refractivity contribution is 7.18. The maximum Gasteiger partial charge on any atom is 0.207 e. The fourth-order valence-corrected chi connectivity index (χ4v) is 3.54. The van der Waals surface area contributed by atoms with E-state index in [1.54, 1.807) is 36.4 Å². The number of carbonyl (C=O) groups is 1. The molecule has 0 aliphatic rings. The smallest absolute Gasteiger partial charge is 0.207 e. The number of benzene rings is 2. The Labute approximate surface area is 171 Å². The lowest BCUT2D eigenvalue weighted by Crippen LogP contribution is -2.05. The molecule has 1 heterocycles. The lowest BCUT2D eigenvalue weighted by atomic mass is 10.1. The van der Waals surface area contributed by atoms with E-state index < -0.39 is 0 Å². The molecule has 0 saturated carbocycles. The van der Waals surface area contributed by atoms with Gasteiger partial charge >= 0.3 is 0 Å². The first-order valence-corrected chi connectivity index (χ1v) is 9.29. The highest BCUT2D eigenvalue weighted by Crippen LogP contribution is 2.39. The van der Waals surface area contributed by atoms with E-state index >= 15 is 0 Å². The van der Waals surface area contributed by atoms with Crippen LogP contribution in [0.4, 0.5) is 16.6 Å². The summed E-state index contributed by atoms with van der Waals surface area (Å²) in [5, 5.41) is 4.23. The number of anilines is 3. The molecule has 3 rings (SSSR count). The number of thiazole rings is 1. The van der Waals surface area contributed by atoms with Gasteiger partial charge in [-0.15, -0.1) is 0 Å². The molecule has 0 aliphatic carbocycles. The maximum atomic E-state index is 13.0. The van der Waals surface area contributed by atoms with E-state index in [0.29, 0.717) is 37.8 Å². The van der Waals surface area contributed by atoms with Crippen LogP contribution in [0.2, 0.25) is 5.02 Å². The number of nitrogens with zero attached hydrogens (tertiary/aromatic N) is 1. The lowest BCUT2D eigenvalue weighted by molar-refractivity contribution is 0.104. The third-order valence-corrected chi connectivity index (χ3v) is 5.12. The minimum Gasteiger partial charge on any atom is -0.493 e. The van der Waals surface area contributed by atoms with E-state index in [1.165, 1.54) is 21.3 Å². The van der Waals surface area contributed by atoms with Gasteiger partial charge in [-0.3, -0.25) is 4.79 Å². The van der Waals surface area contributed by atoms with Crippen molar-refractivity contribution in [3.05, 3.63) is 51.9 Å². The maximum absolute atomic E-state index is 13.0. The summed E-state index contributed by atoms with van der Waals surface area (Å²) in [4.78, 5) is 17.6. The number of rotatable bonds is 7. The number of nitrogens with two attached hydrogens (primary N) is 1. The van der Waals surface area contributed by atoms with Crippen molar-refractivity contribution in [3.8, 4) is 17.2 Å². The van der Waals surface area contributed by atoms with E-state index in [9.17, 15) is 4.79 Å². The van der Waals surface area contributed by atoms with E-state index in [-0.39, 0.29) is 11.6 Å². The van der Waals surface area contributed by atoms with Gasteiger partial charge in [0, 0.05) is 16.3 Å². The van der Waals surface area contributed by atoms with Gasteiger partial charge in [-0.25, -0.2) is 4.98 Å². The third-order valence-electron chi connectivity index (χ3n) is 3.88. The molecule has 0 saturated heterocycles. The Morgan fingerprint density at radius 1 is 1.07 bits per heavy atom. The summed E-state index contributed by atoms with van der Waals surface area (Å²) in [6.45, 7) is 0. The monoisotopic (exact) mass is 419 g/mol. The number of hydrogen-bond donors (Lipinski definition) is 2. The van der Waals surface area contributed by atoms with Crippen molar-refractivity contribution >= 4 is 45.4 Å². The number of hydrogen-bond acceptors (Lipinski definition) is 8. The summed E-state index contributed by atoms with van der Waals surface area (Å²) < 4.78 is 15.9. The topological polar surface area (TPSA) is 95.7 Å². The average molecular weight is 420 g/mol. The first-order chi connectivity index (χ1) is 13.5. The van der Waals surface area contributed by atoms with Gasteiger partial charge in [-0.05, 0) is 36.4 Å². The number of aromatic nitrogens is 1. The Balaban J connectivity index is 1.92. The van der Waals surface area contributed by atoms with Crippen LogP contribution in [0.25, 0.3) is 0 Å². The van der Waals surface area contributed by atoms with Crippen LogP contribution in [0.5, 0.6) is 17.2 Å². The van der Waals surface area contributed by atoms with E-state index in [4.69, 9.17) is 31.5 Å². The first-order valence-electron chi connectivity index (χ1n) is 8.10. The summed E-state index contributed by atoms with van der Waals surface area (Å²) in [6.07, 6.45) is 0.